The van der Waals surface area contributed by atoms with Gasteiger partial charge in [-0.15, -0.1) is 10.2 Å². The molecule has 1 N–H and O–H groups in total. The summed E-state index contributed by atoms with van der Waals surface area (Å²) in [7, 11) is 1.73. The Hall–Kier alpha value is -4.60. The maximum atomic E-state index is 12.3. The summed E-state index contributed by atoms with van der Waals surface area (Å²) in [5, 5.41) is 12.2. The molecule has 1 saturated heterocycles. The molecule has 0 unspecified atom stereocenters. The number of aromatic amines is 1. The van der Waals surface area contributed by atoms with Crippen LogP contribution >= 0.6 is 0 Å². The van der Waals surface area contributed by atoms with E-state index in [0.717, 1.165) is 40.8 Å². The van der Waals surface area contributed by atoms with Crippen molar-refractivity contribution < 1.29 is 9.53 Å². The molecule has 10 heteroatoms. The smallest absolute Gasteiger partial charge is 0.222 e. The Balaban J connectivity index is 1.35. The Kier molecular flexibility index (Phi) is 5.17. The molecule has 0 aliphatic carbocycles. The minimum Gasteiger partial charge on any atom is -0.457 e. The molecule has 35 heavy (non-hydrogen) atoms. The molecule has 174 valence electrons. The molecular weight excluding hydrogens is 444 g/mol. The fourth-order valence-electron chi connectivity index (χ4n) is 4.20. The van der Waals surface area contributed by atoms with E-state index in [0.29, 0.717) is 36.1 Å². The van der Waals surface area contributed by atoms with E-state index >= 15 is 0 Å². The number of H-pyrrole nitrogens is 1. The number of tetrazole rings is 1. The quantitative estimate of drug-likeness (QED) is 0.405. The van der Waals surface area contributed by atoms with Crippen LogP contribution in [0.25, 0.3) is 33.9 Å². The summed E-state index contributed by atoms with van der Waals surface area (Å²) < 4.78 is 6.31. The lowest BCUT2D eigenvalue weighted by atomic mass is 10.1. The van der Waals surface area contributed by atoms with Gasteiger partial charge in [0, 0.05) is 42.9 Å². The summed E-state index contributed by atoms with van der Waals surface area (Å²) in [6.07, 6.45) is 3.20. The molecule has 3 aromatic heterocycles. The van der Waals surface area contributed by atoms with Crippen LogP contribution in [0, 0.1) is 0 Å². The van der Waals surface area contributed by atoms with Gasteiger partial charge >= 0.3 is 0 Å². The number of amides is 1. The summed E-state index contributed by atoms with van der Waals surface area (Å²) in [5.74, 6) is 2.71. The van der Waals surface area contributed by atoms with Crippen LogP contribution in [0.2, 0.25) is 0 Å². The average molecular weight is 467 g/mol. The van der Waals surface area contributed by atoms with E-state index in [4.69, 9.17) is 9.72 Å². The predicted molar refractivity (Wildman–Crippen MR) is 128 cm³/mol. The maximum absolute atomic E-state index is 12.3. The number of hydrogen-bond donors (Lipinski definition) is 1. The molecule has 6 rings (SSSR count). The summed E-state index contributed by atoms with van der Waals surface area (Å²) in [4.78, 5) is 28.1. The molecule has 4 heterocycles. The van der Waals surface area contributed by atoms with Crippen LogP contribution in [-0.4, -0.2) is 52.5 Å². The first kappa shape index (κ1) is 21.0. The monoisotopic (exact) mass is 466 g/mol. The maximum Gasteiger partial charge on any atom is 0.222 e. The number of carbonyl (C=O) groups is 1. The van der Waals surface area contributed by atoms with Crippen molar-refractivity contribution in [1.82, 2.24) is 40.1 Å². The Morgan fingerprint density at radius 3 is 2.71 bits per heavy atom. The van der Waals surface area contributed by atoms with Crippen LogP contribution in [0.5, 0.6) is 11.5 Å². The van der Waals surface area contributed by atoms with E-state index < -0.39 is 0 Å². The largest absolute Gasteiger partial charge is 0.457 e. The number of nitrogens with one attached hydrogen (secondary N) is 1. The molecule has 0 saturated carbocycles. The van der Waals surface area contributed by atoms with Crippen molar-refractivity contribution in [2.75, 3.05) is 6.54 Å². The average Bonchev–Trinajstić information content (AvgIpc) is 3.60. The predicted octanol–water partition coefficient (Wildman–Crippen LogP) is 3.73. The summed E-state index contributed by atoms with van der Waals surface area (Å²) in [6, 6.07) is 17.1. The van der Waals surface area contributed by atoms with Gasteiger partial charge in [0.2, 0.25) is 11.7 Å². The first-order valence-electron chi connectivity index (χ1n) is 11.4. The molecule has 1 fully saturated rings. The number of likely N-dealkylation sites (tertiary alicyclic amines) is 1. The summed E-state index contributed by atoms with van der Waals surface area (Å²) >= 11 is 0. The van der Waals surface area contributed by atoms with Crippen LogP contribution in [-0.2, 0) is 18.4 Å². The molecule has 5 aromatic rings. The van der Waals surface area contributed by atoms with E-state index in [1.165, 1.54) is 4.80 Å². The minimum absolute atomic E-state index is 0.163. The van der Waals surface area contributed by atoms with Crippen LogP contribution in [0.1, 0.15) is 18.4 Å². The highest BCUT2D eigenvalue weighted by molar-refractivity contribution is 5.82. The Morgan fingerprint density at radius 1 is 1.11 bits per heavy atom. The second kappa shape index (κ2) is 8.64. The van der Waals surface area contributed by atoms with E-state index in [1.54, 1.807) is 13.2 Å². The zero-order valence-electron chi connectivity index (χ0n) is 19.0. The molecule has 0 radical (unpaired) electrons. The number of rotatable bonds is 6. The van der Waals surface area contributed by atoms with Crippen molar-refractivity contribution in [1.29, 1.82) is 0 Å². The zero-order chi connectivity index (χ0) is 23.8. The molecule has 1 aliphatic rings. The van der Waals surface area contributed by atoms with Gasteiger partial charge in [-0.2, -0.15) is 4.80 Å². The van der Waals surface area contributed by atoms with Gasteiger partial charge in [0.15, 0.2) is 5.82 Å². The molecule has 0 bridgehead atoms. The fraction of sp³-hybridized carbons (Fsp3) is 0.200. The first-order chi connectivity index (χ1) is 17.1. The highest BCUT2D eigenvalue weighted by Gasteiger charge is 2.22. The molecule has 0 spiro atoms. The SMILES string of the molecule is Cn1nnc(-c2ccc(Oc3cc4nc(-c5ccccn5)[nH]c4cc3CN3CCCC3=O)cc2)n1. The Labute approximate surface area is 200 Å². The number of aryl methyl sites for hydroxylation is 1. The standard InChI is InChI=1S/C25H22N8O2/c1-32-30-24(29-31-32)16-7-9-18(10-8-16)35-22-14-21-20(13-17(22)15-33-12-4-6-23(33)34)27-25(28-21)19-5-2-3-11-26-19/h2-3,5,7-11,13-14H,4,6,12,15H2,1H3,(H,27,28). The van der Waals surface area contributed by atoms with Gasteiger partial charge in [0.1, 0.15) is 17.2 Å². The number of fused-ring (bicyclic) bond motifs is 1. The lowest BCUT2D eigenvalue weighted by Crippen LogP contribution is -2.24. The lowest BCUT2D eigenvalue weighted by molar-refractivity contribution is -0.128. The van der Waals surface area contributed by atoms with E-state index in [2.05, 4.69) is 25.4 Å². The van der Waals surface area contributed by atoms with Crippen LogP contribution in [0.15, 0.2) is 60.8 Å². The number of nitrogens with zero attached hydrogens (tertiary/aromatic N) is 7. The van der Waals surface area contributed by atoms with Gasteiger partial charge in [0.25, 0.3) is 0 Å². The van der Waals surface area contributed by atoms with E-state index in [9.17, 15) is 4.79 Å². The zero-order valence-corrected chi connectivity index (χ0v) is 19.0. The van der Waals surface area contributed by atoms with Gasteiger partial charge in [-0.25, -0.2) is 4.98 Å². The number of hydrogen-bond acceptors (Lipinski definition) is 7. The molecule has 1 aliphatic heterocycles. The van der Waals surface area contributed by atoms with Crippen molar-refractivity contribution >= 4 is 16.9 Å². The van der Waals surface area contributed by atoms with Crippen molar-refractivity contribution in [2.24, 2.45) is 7.05 Å². The Bertz CT molecular complexity index is 1510. The summed E-state index contributed by atoms with van der Waals surface area (Å²) in [5.41, 5.74) is 4.14. The van der Waals surface area contributed by atoms with Crippen LogP contribution in [0.3, 0.4) is 0 Å². The third-order valence-corrected chi connectivity index (χ3v) is 5.95. The van der Waals surface area contributed by atoms with Crippen LogP contribution < -0.4 is 4.74 Å². The number of pyridine rings is 1. The third kappa shape index (κ3) is 4.21. The lowest BCUT2D eigenvalue weighted by Gasteiger charge is -2.18. The fourth-order valence-corrected chi connectivity index (χ4v) is 4.20. The van der Waals surface area contributed by atoms with Gasteiger partial charge in [0.05, 0.1) is 18.1 Å². The van der Waals surface area contributed by atoms with Gasteiger partial charge in [-0.3, -0.25) is 9.78 Å². The highest BCUT2D eigenvalue weighted by Crippen LogP contribution is 2.33. The molecular formula is C25H22N8O2. The minimum atomic E-state index is 0.163. The van der Waals surface area contributed by atoms with Crippen LogP contribution in [0.4, 0.5) is 0 Å². The number of benzene rings is 2. The third-order valence-electron chi connectivity index (χ3n) is 5.95. The van der Waals surface area contributed by atoms with E-state index in [1.807, 2.05) is 59.5 Å². The molecule has 2 aromatic carbocycles. The van der Waals surface area contributed by atoms with E-state index in [-0.39, 0.29) is 5.91 Å². The second-order valence-electron chi connectivity index (χ2n) is 8.43. The summed E-state index contributed by atoms with van der Waals surface area (Å²) in [6.45, 7) is 1.22. The number of ether oxygens (including phenoxy) is 1. The van der Waals surface area contributed by atoms with Crippen molar-refractivity contribution in [2.45, 2.75) is 19.4 Å². The van der Waals surface area contributed by atoms with Gasteiger partial charge < -0.3 is 14.6 Å². The van der Waals surface area contributed by atoms with Gasteiger partial charge in [-0.1, -0.05) is 6.07 Å². The van der Waals surface area contributed by atoms with Crippen molar-refractivity contribution in [3.8, 4) is 34.4 Å². The molecule has 0 atom stereocenters. The van der Waals surface area contributed by atoms with Gasteiger partial charge in [-0.05, 0) is 54.1 Å². The topological polar surface area (TPSA) is 115 Å². The molecule has 10 nitrogen and oxygen atoms in total. The molecule has 1 amide bonds. The normalized spacial score (nSPS) is 13.6. The first-order valence-corrected chi connectivity index (χ1v) is 11.4. The number of carbonyl (C=O) groups excluding carboxylic acids is 1. The Morgan fingerprint density at radius 2 is 2.00 bits per heavy atom. The van der Waals surface area contributed by atoms with Crippen molar-refractivity contribution in [3.05, 3.63) is 66.4 Å². The number of imidazole rings is 1. The van der Waals surface area contributed by atoms with Crippen molar-refractivity contribution in [3.63, 3.8) is 0 Å². The second-order valence-corrected chi connectivity index (χ2v) is 8.43. The highest BCUT2D eigenvalue weighted by atomic mass is 16.5. The number of aromatic nitrogens is 7.